The number of hydrogen-bond acceptors (Lipinski definition) is 0. The second kappa shape index (κ2) is 5.31. The van der Waals surface area contributed by atoms with Crippen LogP contribution in [0.3, 0.4) is 0 Å². The molecule has 0 aliphatic rings. The lowest BCUT2D eigenvalue weighted by molar-refractivity contribution is 1.23. The third-order valence-corrected chi connectivity index (χ3v) is 4.49. The molecule has 0 aromatic heterocycles. The zero-order chi connectivity index (χ0) is 14.9. The first-order valence-electron chi connectivity index (χ1n) is 7.77. The van der Waals surface area contributed by atoms with E-state index in [9.17, 15) is 0 Å². The molecule has 0 N–H and O–H groups in total. The van der Waals surface area contributed by atoms with Crippen molar-refractivity contribution in [2.24, 2.45) is 0 Å². The largest absolute Gasteiger partial charge is 0.0616 e. The maximum absolute atomic E-state index is 2.28. The normalized spacial score (nSPS) is 11.1. The Hall–Kier alpha value is -2.60. The van der Waals surface area contributed by atoms with Gasteiger partial charge in [0, 0.05) is 0 Å². The zero-order valence-corrected chi connectivity index (χ0v) is 12.7. The molecule has 0 saturated heterocycles. The van der Waals surface area contributed by atoms with Gasteiger partial charge in [0.05, 0.1) is 0 Å². The summed E-state index contributed by atoms with van der Waals surface area (Å²) < 4.78 is 0. The number of benzene rings is 4. The van der Waals surface area contributed by atoms with Crippen LogP contribution in [-0.4, -0.2) is 0 Å². The zero-order valence-electron chi connectivity index (χ0n) is 12.7. The molecule has 0 atom stereocenters. The van der Waals surface area contributed by atoms with Gasteiger partial charge in [0.15, 0.2) is 0 Å². The standard InChI is InChI=1S/C22H18/c1-16-13-14-19(22-12-5-4-10-20(16)22)15-18-9-6-8-17-7-2-3-11-21(17)18/h2-14H,15H2,1H3. The predicted molar refractivity (Wildman–Crippen MR) is 95.4 cm³/mol. The third-order valence-electron chi connectivity index (χ3n) is 4.49. The average molecular weight is 282 g/mol. The Balaban J connectivity index is 1.88. The van der Waals surface area contributed by atoms with Gasteiger partial charge < -0.3 is 0 Å². The van der Waals surface area contributed by atoms with E-state index < -0.39 is 0 Å². The van der Waals surface area contributed by atoms with Crippen molar-refractivity contribution >= 4 is 21.5 Å². The number of aryl methyl sites for hydroxylation is 1. The Labute approximate surface area is 131 Å². The topological polar surface area (TPSA) is 0 Å². The van der Waals surface area contributed by atoms with Crippen LogP contribution in [0.15, 0.2) is 78.9 Å². The summed E-state index contributed by atoms with van der Waals surface area (Å²) in [6.45, 7) is 2.18. The highest BCUT2D eigenvalue weighted by Crippen LogP contribution is 2.27. The van der Waals surface area contributed by atoms with Gasteiger partial charge >= 0.3 is 0 Å². The lowest BCUT2D eigenvalue weighted by atomic mass is 9.93. The van der Waals surface area contributed by atoms with E-state index in [1.165, 1.54) is 38.2 Å². The van der Waals surface area contributed by atoms with Gasteiger partial charge in [0.1, 0.15) is 0 Å². The summed E-state index contributed by atoms with van der Waals surface area (Å²) in [6, 6.07) is 28.5. The molecule has 4 rings (SSSR count). The molecular weight excluding hydrogens is 264 g/mol. The molecular formula is C22H18. The highest BCUT2D eigenvalue weighted by Gasteiger charge is 2.06. The maximum atomic E-state index is 2.28. The molecule has 0 amide bonds. The average Bonchev–Trinajstić information content (AvgIpc) is 2.58. The van der Waals surface area contributed by atoms with Crippen molar-refractivity contribution in [2.75, 3.05) is 0 Å². The number of rotatable bonds is 2. The molecule has 0 fully saturated rings. The van der Waals surface area contributed by atoms with Gasteiger partial charge in [-0.3, -0.25) is 0 Å². The van der Waals surface area contributed by atoms with Crippen molar-refractivity contribution in [3.63, 3.8) is 0 Å². The lowest BCUT2D eigenvalue weighted by Crippen LogP contribution is -1.92. The van der Waals surface area contributed by atoms with E-state index in [0.29, 0.717) is 0 Å². The smallest absolute Gasteiger partial charge is 0.00135 e. The summed E-state index contributed by atoms with van der Waals surface area (Å²) in [5, 5.41) is 5.40. The Morgan fingerprint density at radius 2 is 1.18 bits per heavy atom. The van der Waals surface area contributed by atoms with Crippen molar-refractivity contribution in [3.8, 4) is 0 Å². The van der Waals surface area contributed by atoms with Crippen LogP contribution in [0.4, 0.5) is 0 Å². The van der Waals surface area contributed by atoms with Crippen LogP contribution in [0, 0.1) is 6.92 Å². The summed E-state index contributed by atoms with van der Waals surface area (Å²) in [5.41, 5.74) is 4.14. The Morgan fingerprint density at radius 3 is 2.05 bits per heavy atom. The Kier molecular flexibility index (Phi) is 3.16. The summed E-state index contributed by atoms with van der Waals surface area (Å²) in [4.78, 5) is 0. The molecule has 0 heterocycles. The molecule has 0 bridgehead atoms. The minimum absolute atomic E-state index is 0.974. The van der Waals surface area contributed by atoms with Gasteiger partial charge in [-0.05, 0) is 51.6 Å². The molecule has 0 spiro atoms. The Bertz CT molecular complexity index is 958. The third kappa shape index (κ3) is 2.17. The summed E-state index contributed by atoms with van der Waals surface area (Å²) in [6.07, 6.45) is 0.974. The fourth-order valence-corrected chi connectivity index (χ4v) is 3.32. The number of fused-ring (bicyclic) bond motifs is 2. The molecule has 0 aliphatic heterocycles. The van der Waals surface area contributed by atoms with E-state index in [0.717, 1.165) is 6.42 Å². The van der Waals surface area contributed by atoms with Crippen LogP contribution in [-0.2, 0) is 6.42 Å². The van der Waals surface area contributed by atoms with Crippen LogP contribution >= 0.6 is 0 Å². The van der Waals surface area contributed by atoms with Crippen LogP contribution in [0.25, 0.3) is 21.5 Å². The van der Waals surface area contributed by atoms with Gasteiger partial charge in [0.2, 0.25) is 0 Å². The second-order valence-electron chi connectivity index (χ2n) is 5.90. The molecule has 0 unspecified atom stereocenters. The van der Waals surface area contributed by atoms with E-state index in [1.54, 1.807) is 0 Å². The van der Waals surface area contributed by atoms with Crippen LogP contribution in [0.5, 0.6) is 0 Å². The van der Waals surface area contributed by atoms with Crippen molar-refractivity contribution in [3.05, 3.63) is 95.6 Å². The fraction of sp³-hybridized carbons (Fsp3) is 0.0909. The molecule has 106 valence electrons. The van der Waals surface area contributed by atoms with Crippen LogP contribution in [0.2, 0.25) is 0 Å². The van der Waals surface area contributed by atoms with Gasteiger partial charge in [-0.1, -0.05) is 78.9 Å². The van der Waals surface area contributed by atoms with E-state index in [1.807, 2.05) is 0 Å². The first-order valence-corrected chi connectivity index (χ1v) is 7.77. The van der Waals surface area contributed by atoms with Crippen LogP contribution < -0.4 is 0 Å². The molecule has 0 nitrogen and oxygen atoms in total. The summed E-state index contributed by atoms with van der Waals surface area (Å²) in [7, 11) is 0. The van der Waals surface area contributed by atoms with Gasteiger partial charge in [-0.15, -0.1) is 0 Å². The monoisotopic (exact) mass is 282 g/mol. The number of hydrogen-bond donors (Lipinski definition) is 0. The first-order chi connectivity index (χ1) is 10.8. The maximum Gasteiger partial charge on any atom is -0.00135 e. The van der Waals surface area contributed by atoms with Crippen molar-refractivity contribution in [1.29, 1.82) is 0 Å². The van der Waals surface area contributed by atoms with Gasteiger partial charge in [0.25, 0.3) is 0 Å². The summed E-state index contributed by atoms with van der Waals surface area (Å²) >= 11 is 0. The van der Waals surface area contributed by atoms with Crippen molar-refractivity contribution in [2.45, 2.75) is 13.3 Å². The van der Waals surface area contributed by atoms with E-state index in [4.69, 9.17) is 0 Å². The molecule has 0 radical (unpaired) electrons. The lowest BCUT2D eigenvalue weighted by Gasteiger charge is -2.11. The fourth-order valence-electron chi connectivity index (χ4n) is 3.32. The Morgan fingerprint density at radius 1 is 0.545 bits per heavy atom. The van der Waals surface area contributed by atoms with E-state index in [2.05, 4.69) is 85.8 Å². The highest BCUT2D eigenvalue weighted by molar-refractivity contribution is 5.90. The minimum Gasteiger partial charge on any atom is -0.0616 e. The molecule has 22 heavy (non-hydrogen) atoms. The first kappa shape index (κ1) is 13.1. The molecule has 0 aliphatic carbocycles. The SMILES string of the molecule is Cc1ccc(Cc2cccc3ccccc23)c2ccccc12. The molecule has 0 heteroatoms. The van der Waals surface area contributed by atoms with Gasteiger partial charge in [-0.2, -0.15) is 0 Å². The molecule has 4 aromatic carbocycles. The van der Waals surface area contributed by atoms with E-state index in [-0.39, 0.29) is 0 Å². The van der Waals surface area contributed by atoms with Crippen molar-refractivity contribution in [1.82, 2.24) is 0 Å². The van der Waals surface area contributed by atoms with Gasteiger partial charge in [-0.25, -0.2) is 0 Å². The molecule has 0 saturated carbocycles. The minimum atomic E-state index is 0.974. The highest BCUT2D eigenvalue weighted by atomic mass is 14.1. The quantitative estimate of drug-likeness (QED) is 0.430. The van der Waals surface area contributed by atoms with Crippen molar-refractivity contribution < 1.29 is 0 Å². The van der Waals surface area contributed by atoms with E-state index >= 15 is 0 Å². The predicted octanol–water partition coefficient (Wildman–Crippen LogP) is 5.89. The molecule has 4 aromatic rings. The summed E-state index contributed by atoms with van der Waals surface area (Å²) in [5.74, 6) is 0. The second-order valence-corrected chi connectivity index (χ2v) is 5.90. The van der Waals surface area contributed by atoms with Crippen LogP contribution in [0.1, 0.15) is 16.7 Å².